The lowest BCUT2D eigenvalue weighted by atomic mass is 10.2. The highest BCUT2D eigenvalue weighted by Gasteiger charge is 2.27. The number of hydrogen-bond acceptors (Lipinski definition) is 9. The number of nitro benzene ring substituents is 1. The molecule has 10 nitrogen and oxygen atoms in total. The van der Waals surface area contributed by atoms with E-state index in [2.05, 4.69) is 0 Å². The molecule has 2 atom stereocenters. The summed E-state index contributed by atoms with van der Waals surface area (Å²) in [5.74, 6) is 0.00172. The molecule has 182 valence electrons. The van der Waals surface area contributed by atoms with Crippen LogP contribution in [0, 0.1) is 10.1 Å². The Morgan fingerprint density at radius 1 is 0.818 bits per heavy atom. The molecular weight excluding hydrogens is 472 g/mol. The lowest BCUT2D eigenvalue weighted by Crippen LogP contribution is -2.33. The van der Waals surface area contributed by atoms with Crippen LogP contribution in [-0.2, 0) is 29.1 Å². The second-order valence-electron chi connectivity index (χ2n) is 7.45. The summed E-state index contributed by atoms with van der Waals surface area (Å²) in [6.45, 7) is 1.27. The predicted molar refractivity (Wildman–Crippen MR) is 124 cm³/mol. The van der Waals surface area contributed by atoms with Crippen LogP contribution in [0.25, 0.3) is 0 Å². The predicted octanol–water partition coefficient (Wildman–Crippen LogP) is 2.62. The molecule has 4 rings (SSSR count). The highest BCUT2D eigenvalue weighted by atomic mass is 32.2. The van der Waals surface area contributed by atoms with Gasteiger partial charge in [-0.25, -0.2) is 16.8 Å². The van der Waals surface area contributed by atoms with Gasteiger partial charge in [0.15, 0.2) is 19.7 Å². The molecule has 2 fully saturated rings. The number of nitro groups is 1. The van der Waals surface area contributed by atoms with Gasteiger partial charge in [-0.15, -0.1) is 0 Å². The van der Waals surface area contributed by atoms with Gasteiger partial charge in [-0.3, -0.25) is 10.1 Å². The highest BCUT2D eigenvalue weighted by Crippen LogP contribution is 2.21. The quantitative estimate of drug-likeness (QED) is 0.343. The number of non-ortho nitro benzene ring substituents is 1. The maximum absolute atomic E-state index is 11.9. The van der Waals surface area contributed by atoms with Crippen molar-refractivity contribution in [2.45, 2.75) is 42.3 Å². The number of nitrogens with two attached hydrogens (primary N) is 1. The summed E-state index contributed by atoms with van der Waals surface area (Å²) >= 11 is 0. The average Bonchev–Trinajstić information content (AvgIpc) is 2.69. The van der Waals surface area contributed by atoms with Crippen molar-refractivity contribution in [3.05, 3.63) is 58.6 Å². The fraction of sp³-hybridized carbons (Fsp3) is 0.429. The Labute approximate surface area is 193 Å². The van der Waals surface area contributed by atoms with E-state index >= 15 is 0 Å². The van der Waals surface area contributed by atoms with Crippen LogP contribution in [0.4, 0.5) is 11.4 Å². The van der Waals surface area contributed by atoms with E-state index < -0.39 is 24.6 Å². The molecule has 12 heteroatoms. The minimum Gasteiger partial charge on any atom is -0.399 e. The SMILES string of the molecule is C.Nc1ccc(S(=O)(=O)CC2CCO2)cc1.O=[N+]([O-])c1ccc(S(=O)(=O)CC2CCO2)cc1. The van der Waals surface area contributed by atoms with Crippen molar-refractivity contribution in [2.75, 3.05) is 30.5 Å². The summed E-state index contributed by atoms with van der Waals surface area (Å²) in [5.41, 5.74) is 5.93. The van der Waals surface area contributed by atoms with E-state index in [1.54, 1.807) is 12.1 Å². The lowest BCUT2D eigenvalue weighted by molar-refractivity contribution is -0.384. The van der Waals surface area contributed by atoms with Gasteiger partial charge in [0, 0.05) is 31.0 Å². The third-order valence-electron chi connectivity index (χ3n) is 5.04. The second kappa shape index (κ2) is 11.1. The van der Waals surface area contributed by atoms with Crippen LogP contribution < -0.4 is 5.73 Å². The Bertz CT molecular complexity index is 1140. The molecule has 2 aromatic carbocycles. The first-order valence-corrected chi connectivity index (χ1v) is 13.2. The van der Waals surface area contributed by atoms with Crippen LogP contribution >= 0.6 is 0 Å². The molecule has 2 aliphatic rings. The van der Waals surface area contributed by atoms with Crippen LogP contribution in [0.1, 0.15) is 20.3 Å². The van der Waals surface area contributed by atoms with Gasteiger partial charge in [0.05, 0.1) is 38.4 Å². The molecule has 0 radical (unpaired) electrons. The first-order chi connectivity index (χ1) is 15.1. The number of nitrogens with zero attached hydrogens (tertiary/aromatic N) is 1. The average molecular weight is 501 g/mol. The topological polar surface area (TPSA) is 156 Å². The Hall–Kier alpha value is -2.54. The van der Waals surface area contributed by atoms with Gasteiger partial charge in [-0.2, -0.15) is 0 Å². The molecule has 0 amide bonds. The van der Waals surface area contributed by atoms with E-state index in [0.29, 0.717) is 23.8 Å². The van der Waals surface area contributed by atoms with Crippen molar-refractivity contribution in [1.29, 1.82) is 0 Å². The highest BCUT2D eigenvalue weighted by molar-refractivity contribution is 7.91. The molecule has 0 aromatic heterocycles. The first kappa shape index (κ1) is 26.7. The van der Waals surface area contributed by atoms with E-state index in [0.717, 1.165) is 12.8 Å². The molecule has 33 heavy (non-hydrogen) atoms. The minimum absolute atomic E-state index is 0. The zero-order valence-corrected chi connectivity index (χ0v) is 18.8. The normalized spacial score (nSPS) is 19.6. The molecule has 0 spiro atoms. The van der Waals surface area contributed by atoms with Crippen molar-refractivity contribution in [3.63, 3.8) is 0 Å². The summed E-state index contributed by atoms with van der Waals surface area (Å²) in [6, 6.07) is 11.1. The maximum atomic E-state index is 11.9. The summed E-state index contributed by atoms with van der Waals surface area (Å²) in [7, 11) is -6.63. The number of hydrogen-bond donors (Lipinski definition) is 1. The number of sulfone groups is 2. The van der Waals surface area contributed by atoms with Crippen LogP contribution in [-0.4, -0.2) is 58.7 Å². The third kappa shape index (κ3) is 7.22. The summed E-state index contributed by atoms with van der Waals surface area (Å²) in [5, 5.41) is 10.4. The summed E-state index contributed by atoms with van der Waals surface area (Å²) in [4.78, 5) is 10.3. The Morgan fingerprint density at radius 2 is 1.18 bits per heavy atom. The molecular formula is C21H28N2O8S2. The molecule has 0 saturated carbocycles. The van der Waals surface area contributed by atoms with Crippen molar-refractivity contribution in [3.8, 4) is 0 Å². The zero-order valence-electron chi connectivity index (χ0n) is 17.1. The molecule has 2 N–H and O–H groups in total. The van der Waals surface area contributed by atoms with Gasteiger partial charge in [0.2, 0.25) is 0 Å². The van der Waals surface area contributed by atoms with E-state index in [4.69, 9.17) is 15.2 Å². The molecule has 2 saturated heterocycles. The Kier molecular flexibility index (Phi) is 8.95. The fourth-order valence-electron chi connectivity index (χ4n) is 2.96. The van der Waals surface area contributed by atoms with Crippen LogP contribution in [0.2, 0.25) is 0 Å². The third-order valence-corrected chi connectivity index (χ3v) is 8.65. The number of rotatable bonds is 7. The molecule has 2 aromatic rings. The van der Waals surface area contributed by atoms with Gasteiger partial charge in [-0.05, 0) is 49.2 Å². The van der Waals surface area contributed by atoms with E-state index in [-0.39, 0.29) is 41.7 Å². The smallest absolute Gasteiger partial charge is 0.269 e. The van der Waals surface area contributed by atoms with Crippen molar-refractivity contribution in [2.24, 2.45) is 0 Å². The second-order valence-corrected chi connectivity index (χ2v) is 11.5. The minimum atomic E-state index is -3.41. The standard InChI is InChI=1S/C10H11NO5S.C10H13NO3S.CH4/c12-11(13)8-1-3-10(4-2-8)17(14,15)7-9-5-6-16-9;11-8-1-3-10(4-2-8)15(12,13)7-9-5-6-14-9;/h1-4,9H,5-7H2;1-4,9H,5-7,11H2;1H4. The van der Waals surface area contributed by atoms with Gasteiger partial charge >= 0.3 is 0 Å². The number of nitrogen functional groups attached to an aromatic ring is 1. The number of ether oxygens (including phenoxy) is 2. The first-order valence-electron chi connectivity index (χ1n) is 9.85. The summed E-state index contributed by atoms with van der Waals surface area (Å²) < 4.78 is 57.6. The van der Waals surface area contributed by atoms with Gasteiger partial charge in [-0.1, -0.05) is 7.43 Å². The maximum Gasteiger partial charge on any atom is 0.269 e. The number of anilines is 1. The molecule has 0 aliphatic carbocycles. The molecule has 0 bridgehead atoms. The molecule has 2 heterocycles. The van der Waals surface area contributed by atoms with Gasteiger partial charge in [0.25, 0.3) is 5.69 Å². The van der Waals surface area contributed by atoms with Crippen molar-refractivity contribution in [1.82, 2.24) is 0 Å². The van der Waals surface area contributed by atoms with E-state index in [9.17, 15) is 26.9 Å². The number of benzene rings is 2. The summed E-state index contributed by atoms with van der Waals surface area (Å²) in [6.07, 6.45) is 1.20. The largest absolute Gasteiger partial charge is 0.399 e. The van der Waals surface area contributed by atoms with Crippen LogP contribution in [0.3, 0.4) is 0 Å². The van der Waals surface area contributed by atoms with E-state index in [1.165, 1.54) is 36.4 Å². The zero-order chi connectivity index (χ0) is 23.4. The Balaban J connectivity index is 0.000000228. The van der Waals surface area contributed by atoms with Crippen LogP contribution in [0.15, 0.2) is 58.3 Å². The van der Waals surface area contributed by atoms with Crippen molar-refractivity contribution < 1.29 is 31.2 Å². The fourth-order valence-corrected chi connectivity index (χ4v) is 5.96. The molecule has 2 unspecified atom stereocenters. The van der Waals surface area contributed by atoms with Gasteiger partial charge < -0.3 is 15.2 Å². The van der Waals surface area contributed by atoms with E-state index in [1.807, 2.05) is 0 Å². The van der Waals surface area contributed by atoms with Crippen LogP contribution in [0.5, 0.6) is 0 Å². The van der Waals surface area contributed by atoms with Gasteiger partial charge in [0.1, 0.15) is 0 Å². The van der Waals surface area contributed by atoms with Crippen molar-refractivity contribution >= 4 is 31.0 Å². The molecule has 2 aliphatic heterocycles. The Morgan fingerprint density at radius 3 is 1.48 bits per heavy atom. The lowest BCUT2D eigenvalue weighted by Gasteiger charge is -2.25. The monoisotopic (exact) mass is 500 g/mol.